The molecule has 1 saturated heterocycles. The Kier molecular flexibility index (Phi) is 3.90. The van der Waals surface area contributed by atoms with Crippen LogP contribution in [-0.2, 0) is 4.79 Å². The molecule has 46 valence electrons. The fraction of sp³-hybridized carbons (Fsp3) is 0.750. The molecule has 0 aliphatic carbocycles. The van der Waals surface area contributed by atoms with Crippen molar-refractivity contribution < 1.29 is 28.8 Å². The third-order valence-electron chi connectivity index (χ3n) is 1.12. The molecular formula is C4H7LiN2O2. The van der Waals surface area contributed by atoms with Crippen LogP contribution in [0.2, 0.25) is 0 Å². The molecule has 1 rings (SSSR count). The van der Waals surface area contributed by atoms with Crippen LogP contribution >= 0.6 is 0 Å². The number of carbonyl (C=O) groups excluding carboxylic acids is 1. The zero-order chi connectivity index (χ0) is 5.98. The van der Waals surface area contributed by atoms with Crippen molar-refractivity contribution in [3.63, 3.8) is 0 Å². The van der Waals surface area contributed by atoms with Crippen LogP contribution in [0.5, 0.6) is 0 Å². The van der Waals surface area contributed by atoms with Crippen molar-refractivity contribution in [2.45, 2.75) is 12.5 Å². The van der Waals surface area contributed by atoms with E-state index in [4.69, 9.17) is 0 Å². The SMILES string of the molecule is O=C([O-])C1CCNN1.[Li+]. The van der Waals surface area contributed by atoms with E-state index < -0.39 is 12.0 Å². The maximum Gasteiger partial charge on any atom is 1.00 e. The van der Waals surface area contributed by atoms with Crippen LogP contribution in [0, 0.1) is 0 Å². The van der Waals surface area contributed by atoms with E-state index in [1.54, 1.807) is 0 Å². The van der Waals surface area contributed by atoms with Gasteiger partial charge in [-0.25, -0.2) is 5.43 Å². The van der Waals surface area contributed by atoms with Crippen LogP contribution in [0.15, 0.2) is 0 Å². The third-order valence-corrected chi connectivity index (χ3v) is 1.12. The van der Waals surface area contributed by atoms with Gasteiger partial charge in [0.1, 0.15) is 0 Å². The summed E-state index contributed by atoms with van der Waals surface area (Å²) >= 11 is 0. The molecule has 0 amide bonds. The van der Waals surface area contributed by atoms with Crippen molar-refractivity contribution >= 4 is 5.97 Å². The fourth-order valence-corrected chi connectivity index (χ4v) is 0.661. The monoisotopic (exact) mass is 122 g/mol. The van der Waals surface area contributed by atoms with Gasteiger partial charge in [0, 0.05) is 6.54 Å². The van der Waals surface area contributed by atoms with Gasteiger partial charge in [0.25, 0.3) is 0 Å². The van der Waals surface area contributed by atoms with Gasteiger partial charge in [-0.05, 0) is 6.42 Å². The first-order chi connectivity index (χ1) is 3.80. The first-order valence-corrected chi connectivity index (χ1v) is 2.50. The van der Waals surface area contributed by atoms with Gasteiger partial charge in [0.2, 0.25) is 0 Å². The average molecular weight is 122 g/mol. The van der Waals surface area contributed by atoms with Crippen molar-refractivity contribution in [3.8, 4) is 0 Å². The third kappa shape index (κ3) is 2.37. The van der Waals surface area contributed by atoms with Gasteiger partial charge in [-0.2, -0.15) is 0 Å². The summed E-state index contributed by atoms with van der Waals surface area (Å²) < 4.78 is 0. The van der Waals surface area contributed by atoms with E-state index in [9.17, 15) is 9.90 Å². The second-order valence-electron chi connectivity index (χ2n) is 1.73. The van der Waals surface area contributed by atoms with Gasteiger partial charge in [0.05, 0.1) is 12.0 Å². The van der Waals surface area contributed by atoms with E-state index in [0.717, 1.165) is 0 Å². The summed E-state index contributed by atoms with van der Waals surface area (Å²) in [7, 11) is 0. The Hall–Kier alpha value is -0.0126. The van der Waals surface area contributed by atoms with Crippen LogP contribution in [0.4, 0.5) is 0 Å². The molecule has 0 radical (unpaired) electrons. The molecule has 0 aromatic carbocycles. The molecule has 1 fully saturated rings. The summed E-state index contributed by atoms with van der Waals surface area (Å²) in [4.78, 5) is 9.99. The Morgan fingerprint density at radius 2 is 2.33 bits per heavy atom. The molecular weight excluding hydrogens is 115 g/mol. The second-order valence-corrected chi connectivity index (χ2v) is 1.73. The Morgan fingerprint density at radius 1 is 1.67 bits per heavy atom. The molecule has 0 aromatic rings. The molecule has 1 aliphatic heterocycles. The van der Waals surface area contributed by atoms with Crippen LogP contribution in [0.3, 0.4) is 0 Å². The molecule has 1 atom stereocenters. The molecule has 1 heterocycles. The summed E-state index contributed by atoms with van der Waals surface area (Å²) in [6, 6.07) is -0.491. The van der Waals surface area contributed by atoms with E-state index in [-0.39, 0.29) is 18.9 Å². The van der Waals surface area contributed by atoms with E-state index >= 15 is 0 Å². The standard InChI is InChI=1S/C4H8N2O2.Li/c7-4(8)3-1-2-5-6-3;/h3,5-6H,1-2H2,(H,7,8);/q;+1/p-1. The van der Waals surface area contributed by atoms with E-state index in [2.05, 4.69) is 10.9 Å². The molecule has 9 heavy (non-hydrogen) atoms. The van der Waals surface area contributed by atoms with Crippen molar-refractivity contribution in [3.05, 3.63) is 0 Å². The summed E-state index contributed by atoms with van der Waals surface area (Å²) in [6.45, 7) is 0.707. The van der Waals surface area contributed by atoms with Gasteiger partial charge in [-0.15, -0.1) is 0 Å². The van der Waals surface area contributed by atoms with Gasteiger partial charge >= 0.3 is 18.9 Å². The fourth-order valence-electron chi connectivity index (χ4n) is 0.661. The Balaban J connectivity index is 0.000000640. The Morgan fingerprint density at radius 3 is 2.56 bits per heavy atom. The number of aliphatic carboxylic acids is 1. The molecule has 1 unspecified atom stereocenters. The average Bonchev–Trinajstić information content (AvgIpc) is 2.12. The molecule has 4 nitrogen and oxygen atoms in total. The van der Waals surface area contributed by atoms with Crippen molar-refractivity contribution in [2.75, 3.05) is 6.54 Å². The molecule has 1 aliphatic rings. The summed E-state index contributed by atoms with van der Waals surface area (Å²) in [6.07, 6.45) is 0.613. The minimum atomic E-state index is -1.03. The van der Waals surface area contributed by atoms with E-state index in [1.165, 1.54) is 0 Å². The van der Waals surface area contributed by atoms with Crippen LogP contribution in [0.25, 0.3) is 0 Å². The molecule has 0 aromatic heterocycles. The normalized spacial score (nSPS) is 25.1. The van der Waals surface area contributed by atoms with Crippen molar-refractivity contribution in [2.24, 2.45) is 0 Å². The topological polar surface area (TPSA) is 64.2 Å². The number of carboxylic acid groups (broad SMARTS) is 1. The summed E-state index contributed by atoms with van der Waals surface area (Å²) in [5.41, 5.74) is 5.23. The molecule has 0 saturated carbocycles. The van der Waals surface area contributed by atoms with Crippen molar-refractivity contribution in [1.29, 1.82) is 0 Å². The maximum absolute atomic E-state index is 9.99. The largest absolute Gasteiger partial charge is 1.00 e. The maximum atomic E-state index is 9.99. The van der Waals surface area contributed by atoms with Crippen molar-refractivity contribution in [1.82, 2.24) is 10.9 Å². The first-order valence-electron chi connectivity index (χ1n) is 2.50. The Labute approximate surface area is 65.2 Å². The first kappa shape index (κ1) is 8.99. The van der Waals surface area contributed by atoms with Gasteiger partial charge in [-0.3, -0.25) is 5.43 Å². The number of hydrazine groups is 1. The number of hydrogen-bond donors (Lipinski definition) is 2. The number of carbonyl (C=O) groups is 1. The van der Waals surface area contributed by atoms with Crippen LogP contribution in [0.1, 0.15) is 6.42 Å². The van der Waals surface area contributed by atoms with Gasteiger partial charge in [0.15, 0.2) is 0 Å². The van der Waals surface area contributed by atoms with Gasteiger partial charge in [-0.1, -0.05) is 0 Å². The number of hydrogen-bond acceptors (Lipinski definition) is 4. The molecule has 2 N–H and O–H groups in total. The minimum absolute atomic E-state index is 0. The zero-order valence-electron chi connectivity index (χ0n) is 5.31. The van der Waals surface area contributed by atoms with E-state index in [1.807, 2.05) is 0 Å². The smallest absolute Gasteiger partial charge is 0.548 e. The Bertz CT molecular complexity index is 103. The van der Waals surface area contributed by atoms with Gasteiger partial charge < -0.3 is 9.90 Å². The summed E-state index contributed by atoms with van der Waals surface area (Å²) in [5, 5.41) is 9.99. The number of carboxylic acids is 1. The predicted octanol–water partition coefficient (Wildman–Crippen LogP) is -5.39. The second kappa shape index (κ2) is 3.91. The quantitative estimate of drug-likeness (QED) is 0.341. The zero-order valence-corrected chi connectivity index (χ0v) is 5.31. The molecule has 0 bridgehead atoms. The van der Waals surface area contributed by atoms with Crippen LogP contribution in [-0.4, -0.2) is 18.6 Å². The molecule has 5 heteroatoms. The van der Waals surface area contributed by atoms with Crippen LogP contribution < -0.4 is 34.8 Å². The summed E-state index contributed by atoms with van der Waals surface area (Å²) in [5.74, 6) is -1.03. The molecule has 0 spiro atoms. The number of rotatable bonds is 1. The number of nitrogens with one attached hydrogen (secondary N) is 2. The van der Waals surface area contributed by atoms with E-state index in [0.29, 0.717) is 13.0 Å². The minimum Gasteiger partial charge on any atom is -0.548 e. The predicted molar refractivity (Wildman–Crippen MR) is 24.6 cm³/mol.